The van der Waals surface area contributed by atoms with Crippen LogP contribution in [0, 0.1) is 0 Å². The Labute approximate surface area is 147 Å². The van der Waals surface area contributed by atoms with Crippen LogP contribution in [0.4, 0.5) is 0 Å². The average Bonchev–Trinajstić information content (AvgIpc) is 2.35. The summed E-state index contributed by atoms with van der Waals surface area (Å²) in [6.45, 7) is 0. The van der Waals surface area contributed by atoms with Crippen molar-refractivity contribution in [3.05, 3.63) is 60.2 Å². The van der Waals surface area contributed by atoms with Crippen LogP contribution in [-0.2, 0) is 0 Å². The van der Waals surface area contributed by atoms with Crippen LogP contribution in [-0.4, -0.2) is 62.5 Å². The van der Waals surface area contributed by atoms with E-state index in [-0.39, 0.29) is 51.4 Å². The van der Waals surface area contributed by atoms with Gasteiger partial charge in [-0.3, -0.25) is 0 Å². The van der Waals surface area contributed by atoms with E-state index in [0.717, 1.165) is 21.5 Å². The number of fused-ring (bicyclic) bond motifs is 2. The van der Waals surface area contributed by atoms with Crippen LogP contribution in [0.5, 0.6) is 0 Å². The molecule has 0 aliphatic heterocycles. The SMILES string of the molecule is O=C(O)c1c2ccccc2cc2ccccc12.[KH]. The minimum absolute atomic E-state index is 0. The van der Waals surface area contributed by atoms with Gasteiger partial charge >= 0.3 is 57.4 Å². The first kappa shape index (κ1) is 13.7. The molecule has 3 aromatic carbocycles. The Morgan fingerprint density at radius 3 is 1.72 bits per heavy atom. The zero-order valence-electron chi connectivity index (χ0n) is 9.05. The van der Waals surface area contributed by atoms with Crippen LogP contribution in [0.25, 0.3) is 21.5 Å². The van der Waals surface area contributed by atoms with Crippen molar-refractivity contribution < 1.29 is 9.90 Å². The zero-order chi connectivity index (χ0) is 11.8. The van der Waals surface area contributed by atoms with E-state index in [9.17, 15) is 9.90 Å². The van der Waals surface area contributed by atoms with E-state index in [2.05, 4.69) is 0 Å². The molecule has 0 unspecified atom stereocenters. The molecule has 2 nitrogen and oxygen atoms in total. The predicted molar refractivity (Wildman–Crippen MR) is 75.6 cm³/mol. The molecule has 0 amide bonds. The second-order valence-electron chi connectivity index (χ2n) is 4.00. The summed E-state index contributed by atoms with van der Waals surface area (Å²) in [7, 11) is 0. The quantitative estimate of drug-likeness (QED) is 0.540. The molecular formula is C15H11KO2. The van der Waals surface area contributed by atoms with Crippen molar-refractivity contribution in [3.63, 3.8) is 0 Å². The first-order chi connectivity index (χ1) is 8.27. The van der Waals surface area contributed by atoms with Gasteiger partial charge in [-0.2, -0.15) is 0 Å². The van der Waals surface area contributed by atoms with Gasteiger partial charge < -0.3 is 5.11 Å². The number of carboxylic acid groups (broad SMARTS) is 1. The molecule has 0 fully saturated rings. The molecule has 0 aliphatic rings. The molecule has 0 heterocycles. The van der Waals surface area contributed by atoms with E-state index in [1.54, 1.807) is 0 Å². The van der Waals surface area contributed by atoms with Crippen LogP contribution in [0.2, 0.25) is 0 Å². The van der Waals surface area contributed by atoms with Gasteiger partial charge in [0, 0.05) is 0 Å². The molecule has 3 aromatic rings. The molecule has 0 bridgehead atoms. The maximum absolute atomic E-state index is 11.4. The van der Waals surface area contributed by atoms with Gasteiger partial charge in [-0.1, -0.05) is 48.5 Å². The Bertz CT molecular complexity index is 681. The summed E-state index contributed by atoms with van der Waals surface area (Å²) in [5, 5.41) is 12.9. The summed E-state index contributed by atoms with van der Waals surface area (Å²) in [5.41, 5.74) is 0.388. The Morgan fingerprint density at radius 2 is 1.28 bits per heavy atom. The minimum atomic E-state index is -0.877. The number of rotatable bonds is 1. The van der Waals surface area contributed by atoms with Gasteiger partial charge in [0.05, 0.1) is 5.56 Å². The van der Waals surface area contributed by atoms with Gasteiger partial charge in [-0.05, 0) is 27.6 Å². The third-order valence-electron chi connectivity index (χ3n) is 2.99. The van der Waals surface area contributed by atoms with Gasteiger partial charge in [0.2, 0.25) is 0 Å². The number of hydrogen-bond donors (Lipinski definition) is 1. The van der Waals surface area contributed by atoms with E-state index in [0.29, 0.717) is 5.56 Å². The number of aromatic carboxylic acids is 1. The normalized spacial score (nSPS) is 10.2. The van der Waals surface area contributed by atoms with Crippen molar-refractivity contribution in [2.45, 2.75) is 0 Å². The maximum atomic E-state index is 11.4. The molecule has 3 heteroatoms. The molecule has 0 spiro atoms. The fourth-order valence-corrected chi connectivity index (χ4v) is 2.24. The number of hydrogen-bond acceptors (Lipinski definition) is 1. The molecule has 0 radical (unpaired) electrons. The van der Waals surface area contributed by atoms with Crippen molar-refractivity contribution in [1.82, 2.24) is 0 Å². The summed E-state index contributed by atoms with van der Waals surface area (Å²) in [6.07, 6.45) is 0. The molecule has 0 aliphatic carbocycles. The van der Waals surface area contributed by atoms with Gasteiger partial charge in [0.1, 0.15) is 0 Å². The third-order valence-corrected chi connectivity index (χ3v) is 2.99. The molecule has 18 heavy (non-hydrogen) atoms. The first-order valence-corrected chi connectivity index (χ1v) is 5.41. The summed E-state index contributed by atoms with van der Waals surface area (Å²) in [5.74, 6) is -0.877. The van der Waals surface area contributed by atoms with E-state index in [1.165, 1.54) is 0 Å². The summed E-state index contributed by atoms with van der Waals surface area (Å²) in [4.78, 5) is 11.4. The molecule has 1 N–H and O–H groups in total. The van der Waals surface area contributed by atoms with Crippen LogP contribution in [0.15, 0.2) is 54.6 Å². The topological polar surface area (TPSA) is 37.3 Å². The van der Waals surface area contributed by atoms with Crippen LogP contribution >= 0.6 is 0 Å². The molecule has 0 aromatic heterocycles. The standard InChI is InChI=1S/C15H10O2.K.H/c16-15(17)14-12-7-3-1-5-10(12)9-11-6-2-4-8-13(11)14;;/h1-9H,(H,16,17);;. The fraction of sp³-hybridized carbons (Fsp3) is 0. The van der Waals surface area contributed by atoms with Crippen molar-refractivity contribution in [2.75, 3.05) is 0 Å². The number of carbonyl (C=O) groups is 1. The van der Waals surface area contributed by atoms with Crippen molar-refractivity contribution in [3.8, 4) is 0 Å². The molecule has 0 saturated heterocycles. The second kappa shape index (κ2) is 5.51. The van der Waals surface area contributed by atoms with E-state index in [4.69, 9.17) is 0 Å². The first-order valence-electron chi connectivity index (χ1n) is 5.41. The third kappa shape index (κ3) is 2.24. The average molecular weight is 262 g/mol. The Morgan fingerprint density at radius 1 is 0.833 bits per heavy atom. The van der Waals surface area contributed by atoms with Gasteiger partial charge in [0.25, 0.3) is 0 Å². The van der Waals surface area contributed by atoms with Gasteiger partial charge in [-0.25, -0.2) is 4.79 Å². The second-order valence-corrected chi connectivity index (χ2v) is 4.00. The zero-order valence-corrected chi connectivity index (χ0v) is 9.05. The summed E-state index contributed by atoms with van der Waals surface area (Å²) >= 11 is 0. The molecule has 0 saturated carbocycles. The Hall–Kier alpha value is -0.714. The van der Waals surface area contributed by atoms with Crippen LogP contribution in [0.3, 0.4) is 0 Å². The van der Waals surface area contributed by atoms with Crippen molar-refractivity contribution in [2.24, 2.45) is 0 Å². The van der Waals surface area contributed by atoms with Crippen molar-refractivity contribution >= 4 is 78.9 Å². The number of benzene rings is 3. The predicted octanol–water partition coefficient (Wildman–Crippen LogP) is 3.04. The molecular weight excluding hydrogens is 251 g/mol. The van der Waals surface area contributed by atoms with Gasteiger partial charge in [-0.15, -0.1) is 0 Å². The summed E-state index contributed by atoms with van der Waals surface area (Å²) in [6, 6.07) is 17.2. The van der Waals surface area contributed by atoms with E-state index >= 15 is 0 Å². The molecule has 3 rings (SSSR count). The molecule has 84 valence electrons. The van der Waals surface area contributed by atoms with Crippen molar-refractivity contribution in [1.29, 1.82) is 0 Å². The van der Waals surface area contributed by atoms with Gasteiger partial charge in [0.15, 0.2) is 0 Å². The number of carboxylic acids is 1. The van der Waals surface area contributed by atoms with Crippen LogP contribution < -0.4 is 0 Å². The summed E-state index contributed by atoms with van der Waals surface area (Å²) < 4.78 is 0. The Kier molecular flexibility index (Phi) is 4.20. The van der Waals surface area contributed by atoms with Crippen LogP contribution in [0.1, 0.15) is 10.4 Å². The van der Waals surface area contributed by atoms with E-state index in [1.807, 2.05) is 54.6 Å². The molecule has 0 atom stereocenters. The fourth-order valence-electron chi connectivity index (χ4n) is 2.24. The Balaban J connectivity index is 0.00000120. The monoisotopic (exact) mass is 262 g/mol. The van der Waals surface area contributed by atoms with E-state index < -0.39 is 5.97 Å².